The number of rotatable bonds is 6. The van der Waals surface area contributed by atoms with Gasteiger partial charge in [0, 0.05) is 6.08 Å². The van der Waals surface area contributed by atoms with Crippen molar-refractivity contribution in [1.82, 2.24) is 16.2 Å². The molecule has 0 radical (unpaired) electrons. The number of nitrogens with one attached hydrogen (secondary N) is 3. The summed E-state index contributed by atoms with van der Waals surface area (Å²) in [6, 6.07) is 16.6. The van der Waals surface area contributed by atoms with Crippen LogP contribution in [0.4, 0.5) is 0 Å². The molecule has 0 saturated heterocycles. The van der Waals surface area contributed by atoms with Crippen LogP contribution in [-0.2, 0) is 16.0 Å². The van der Waals surface area contributed by atoms with Gasteiger partial charge in [0.25, 0.3) is 0 Å². The molecule has 0 aliphatic heterocycles. The molecule has 0 aromatic heterocycles. The van der Waals surface area contributed by atoms with E-state index in [0.29, 0.717) is 6.61 Å². The number of hydrogen-bond donors (Lipinski definition) is 3. The van der Waals surface area contributed by atoms with Gasteiger partial charge >= 0.3 is 0 Å². The van der Waals surface area contributed by atoms with Crippen molar-refractivity contribution in [2.45, 2.75) is 13.3 Å². The van der Waals surface area contributed by atoms with Crippen LogP contribution in [0.2, 0.25) is 0 Å². The number of carbonyl (C=O) groups excluding carboxylic acids is 2. The molecule has 3 N–H and O–H groups in total. The number of hydrazine groups is 1. The smallest absolute Gasteiger partial charge is 0.250 e. The second-order valence-corrected chi connectivity index (χ2v) is 5.90. The van der Waals surface area contributed by atoms with Crippen LogP contribution >= 0.6 is 12.2 Å². The Labute approximate surface area is 163 Å². The second kappa shape index (κ2) is 10.7. The van der Waals surface area contributed by atoms with Crippen LogP contribution in [0, 0.1) is 0 Å². The SMILES string of the molecule is CCOc1ccc(/C=C/C(=O)NC(=S)NNC(=O)Cc2ccccc2)cc1. The first-order chi connectivity index (χ1) is 13.1. The molecule has 0 aliphatic carbocycles. The van der Waals surface area contributed by atoms with Crippen molar-refractivity contribution < 1.29 is 14.3 Å². The van der Waals surface area contributed by atoms with Gasteiger partial charge in [-0.15, -0.1) is 0 Å². The van der Waals surface area contributed by atoms with Gasteiger partial charge in [0.2, 0.25) is 11.8 Å². The summed E-state index contributed by atoms with van der Waals surface area (Å²) >= 11 is 4.98. The molecule has 0 atom stereocenters. The molecule has 6 nitrogen and oxygen atoms in total. The van der Waals surface area contributed by atoms with Crippen LogP contribution in [0.5, 0.6) is 5.75 Å². The van der Waals surface area contributed by atoms with Crippen LogP contribution in [0.25, 0.3) is 6.08 Å². The Morgan fingerprint density at radius 3 is 2.41 bits per heavy atom. The fraction of sp³-hybridized carbons (Fsp3) is 0.150. The monoisotopic (exact) mass is 383 g/mol. The third-order valence-electron chi connectivity index (χ3n) is 3.38. The second-order valence-electron chi connectivity index (χ2n) is 5.49. The van der Waals surface area contributed by atoms with Crippen molar-refractivity contribution in [3.8, 4) is 5.75 Å². The van der Waals surface area contributed by atoms with E-state index in [-0.39, 0.29) is 17.4 Å². The molecule has 0 heterocycles. The molecule has 0 saturated carbocycles. The largest absolute Gasteiger partial charge is 0.494 e. The number of amides is 2. The molecule has 2 amide bonds. The van der Waals surface area contributed by atoms with Gasteiger partial charge in [0.05, 0.1) is 13.0 Å². The molecular formula is C20H21N3O3S. The number of ether oxygens (including phenoxy) is 1. The van der Waals surface area contributed by atoms with Crippen LogP contribution in [0.15, 0.2) is 60.7 Å². The Hall–Kier alpha value is -3.19. The third kappa shape index (κ3) is 7.70. The zero-order valence-corrected chi connectivity index (χ0v) is 15.7. The van der Waals surface area contributed by atoms with E-state index in [0.717, 1.165) is 16.9 Å². The van der Waals surface area contributed by atoms with E-state index >= 15 is 0 Å². The van der Waals surface area contributed by atoms with E-state index in [4.69, 9.17) is 17.0 Å². The summed E-state index contributed by atoms with van der Waals surface area (Å²) < 4.78 is 5.36. The van der Waals surface area contributed by atoms with Crippen molar-refractivity contribution in [2.24, 2.45) is 0 Å². The van der Waals surface area contributed by atoms with Crippen LogP contribution in [0.3, 0.4) is 0 Å². The number of hydrogen-bond acceptors (Lipinski definition) is 4. The first kappa shape index (κ1) is 20.1. The minimum atomic E-state index is -0.404. The quantitative estimate of drug-likeness (QED) is 0.405. The molecule has 0 unspecified atom stereocenters. The van der Waals surface area contributed by atoms with E-state index in [1.165, 1.54) is 6.08 Å². The van der Waals surface area contributed by atoms with Gasteiger partial charge in [-0.05, 0) is 48.5 Å². The summed E-state index contributed by atoms with van der Waals surface area (Å²) in [6.07, 6.45) is 3.22. The lowest BCUT2D eigenvalue weighted by Crippen LogP contribution is -2.48. The lowest BCUT2D eigenvalue weighted by Gasteiger charge is -2.09. The average Bonchev–Trinajstić information content (AvgIpc) is 2.67. The first-order valence-corrected chi connectivity index (χ1v) is 8.82. The molecule has 0 aliphatic rings. The van der Waals surface area contributed by atoms with Gasteiger partial charge in [-0.2, -0.15) is 0 Å². The summed E-state index contributed by atoms with van der Waals surface area (Å²) in [5, 5.41) is 2.47. The Balaban J connectivity index is 1.73. The molecule has 140 valence electrons. The van der Waals surface area contributed by atoms with E-state index in [1.54, 1.807) is 6.08 Å². The minimum Gasteiger partial charge on any atom is -0.494 e. The Kier molecular flexibility index (Phi) is 7.99. The number of thiocarbonyl (C=S) groups is 1. The number of carbonyl (C=O) groups is 2. The lowest BCUT2D eigenvalue weighted by molar-refractivity contribution is -0.121. The van der Waals surface area contributed by atoms with Gasteiger partial charge in [-0.25, -0.2) is 0 Å². The van der Waals surface area contributed by atoms with Crippen molar-refractivity contribution in [3.05, 3.63) is 71.8 Å². The van der Waals surface area contributed by atoms with E-state index in [2.05, 4.69) is 16.2 Å². The Bertz CT molecular complexity index is 805. The highest BCUT2D eigenvalue weighted by atomic mass is 32.1. The highest BCUT2D eigenvalue weighted by Crippen LogP contribution is 2.12. The predicted octanol–water partition coefficient (Wildman–Crippen LogP) is 2.36. The molecule has 2 rings (SSSR count). The van der Waals surface area contributed by atoms with Gasteiger partial charge in [0.15, 0.2) is 5.11 Å². The normalized spacial score (nSPS) is 10.3. The van der Waals surface area contributed by atoms with Gasteiger partial charge in [-0.1, -0.05) is 42.5 Å². The molecule has 2 aromatic rings. The number of benzene rings is 2. The molecular weight excluding hydrogens is 362 g/mol. The Morgan fingerprint density at radius 1 is 1.04 bits per heavy atom. The van der Waals surface area contributed by atoms with E-state index < -0.39 is 5.91 Å². The highest BCUT2D eigenvalue weighted by Gasteiger charge is 2.05. The van der Waals surface area contributed by atoms with E-state index in [9.17, 15) is 9.59 Å². The summed E-state index contributed by atoms with van der Waals surface area (Å²) in [5.41, 5.74) is 6.68. The van der Waals surface area contributed by atoms with Crippen LogP contribution in [0.1, 0.15) is 18.1 Å². The zero-order valence-electron chi connectivity index (χ0n) is 14.9. The van der Waals surface area contributed by atoms with Gasteiger partial charge in [0.1, 0.15) is 5.75 Å². The maximum atomic E-state index is 11.9. The van der Waals surface area contributed by atoms with Crippen molar-refractivity contribution in [1.29, 1.82) is 0 Å². The zero-order chi connectivity index (χ0) is 19.5. The summed E-state index contributed by atoms with van der Waals surface area (Å²) in [5.74, 6) is 0.108. The Morgan fingerprint density at radius 2 is 1.74 bits per heavy atom. The summed E-state index contributed by atoms with van der Waals surface area (Å²) in [6.45, 7) is 2.52. The van der Waals surface area contributed by atoms with E-state index in [1.807, 2.05) is 61.5 Å². The molecule has 0 fully saturated rings. The fourth-order valence-electron chi connectivity index (χ4n) is 2.15. The summed E-state index contributed by atoms with van der Waals surface area (Å²) in [4.78, 5) is 23.7. The van der Waals surface area contributed by atoms with Crippen molar-refractivity contribution >= 4 is 35.2 Å². The molecule has 0 spiro atoms. The topological polar surface area (TPSA) is 79.5 Å². The maximum absolute atomic E-state index is 11.9. The predicted molar refractivity (Wildman–Crippen MR) is 109 cm³/mol. The van der Waals surface area contributed by atoms with Gasteiger partial charge in [-0.3, -0.25) is 25.8 Å². The first-order valence-electron chi connectivity index (χ1n) is 8.41. The highest BCUT2D eigenvalue weighted by molar-refractivity contribution is 7.80. The molecule has 7 heteroatoms. The maximum Gasteiger partial charge on any atom is 0.250 e. The lowest BCUT2D eigenvalue weighted by atomic mass is 10.1. The molecule has 2 aromatic carbocycles. The van der Waals surface area contributed by atoms with Crippen LogP contribution in [-0.4, -0.2) is 23.5 Å². The standard InChI is InChI=1S/C20H21N3O3S/c1-2-26-17-11-8-15(9-12-17)10-13-18(24)21-20(27)23-22-19(25)14-16-6-4-3-5-7-16/h3-13H,2,14H2,1H3,(H,22,25)(H2,21,23,24,27)/b13-10+. The molecule has 27 heavy (non-hydrogen) atoms. The third-order valence-corrected chi connectivity index (χ3v) is 3.58. The minimum absolute atomic E-state index is 0.0118. The summed E-state index contributed by atoms with van der Waals surface area (Å²) in [7, 11) is 0. The fourth-order valence-corrected chi connectivity index (χ4v) is 2.30. The van der Waals surface area contributed by atoms with Crippen molar-refractivity contribution in [3.63, 3.8) is 0 Å². The van der Waals surface area contributed by atoms with Crippen molar-refractivity contribution in [2.75, 3.05) is 6.61 Å². The average molecular weight is 383 g/mol. The van der Waals surface area contributed by atoms with Crippen LogP contribution < -0.4 is 20.9 Å². The van der Waals surface area contributed by atoms with Gasteiger partial charge < -0.3 is 4.74 Å². The molecule has 0 bridgehead atoms.